The van der Waals surface area contributed by atoms with Crippen molar-refractivity contribution in [2.75, 3.05) is 11.9 Å². The topological polar surface area (TPSA) is 67.2 Å². The maximum atomic E-state index is 11.5. The zero-order valence-electron chi connectivity index (χ0n) is 11.4. The number of halogens is 1. The maximum absolute atomic E-state index is 11.5. The second kappa shape index (κ2) is 5.26. The van der Waals surface area contributed by atoms with Crippen LogP contribution in [-0.2, 0) is 0 Å². The molecule has 5 heteroatoms. The first-order valence-electron chi connectivity index (χ1n) is 7.19. The third-order valence-corrected chi connectivity index (χ3v) is 4.78. The molecule has 1 amide bonds. The molecular weight excluding hydrogens is 274 g/mol. The number of anilines is 1. The van der Waals surface area contributed by atoms with E-state index in [1.807, 2.05) is 0 Å². The van der Waals surface area contributed by atoms with Crippen LogP contribution >= 0.6 is 11.6 Å². The van der Waals surface area contributed by atoms with Gasteiger partial charge in [-0.2, -0.15) is 0 Å². The smallest absolute Gasteiger partial charge is 0.250 e. The van der Waals surface area contributed by atoms with Crippen LogP contribution in [0.1, 0.15) is 42.5 Å². The Hall–Kier alpha value is -1.26. The van der Waals surface area contributed by atoms with Gasteiger partial charge in [0.15, 0.2) is 0 Å². The van der Waals surface area contributed by atoms with E-state index in [2.05, 4.69) is 10.6 Å². The summed E-state index contributed by atoms with van der Waals surface area (Å²) in [4.78, 5) is 11.5. The summed E-state index contributed by atoms with van der Waals surface area (Å²) in [5.74, 6) is -0.420. The summed E-state index contributed by atoms with van der Waals surface area (Å²) in [6.07, 6.45) is 5.96. The Kier molecular flexibility index (Phi) is 3.61. The van der Waals surface area contributed by atoms with E-state index in [0.717, 1.165) is 25.1 Å². The van der Waals surface area contributed by atoms with Gasteiger partial charge < -0.3 is 16.4 Å². The molecule has 2 fully saturated rings. The number of nitrogens with two attached hydrogens (primary N) is 1. The lowest BCUT2D eigenvalue weighted by atomic mass is 9.70. The molecule has 3 rings (SSSR count). The van der Waals surface area contributed by atoms with Crippen LogP contribution < -0.4 is 16.4 Å². The summed E-state index contributed by atoms with van der Waals surface area (Å²) in [6, 6.07) is 5.54. The van der Waals surface area contributed by atoms with Gasteiger partial charge in [-0.3, -0.25) is 4.79 Å². The quantitative estimate of drug-likeness (QED) is 0.802. The number of primary amides is 1. The highest BCUT2D eigenvalue weighted by atomic mass is 35.5. The van der Waals surface area contributed by atoms with Crippen molar-refractivity contribution < 1.29 is 4.79 Å². The van der Waals surface area contributed by atoms with Crippen LogP contribution in [0.25, 0.3) is 0 Å². The van der Waals surface area contributed by atoms with Gasteiger partial charge in [0.2, 0.25) is 0 Å². The molecule has 1 heterocycles. The molecule has 1 atom stereocenters. The van der Waals surface area contributed by atoms with Crippen molar-refractivity contribution in [3.05, 3.63) is 28.8 Å². The first-order valence-corrected chi connectivity index (χ1v) is 7.57. The van der Waals surface area contributed by atoms with E-state index in [-0.39, 0.29) is 0 Å². The molecule has 1 aliphatic heterocycles. The molecular formula is C15H20ClN3O. The van der Waals surface area contributed by atoms with Crippen LogP contribution in [0.3, 0.4) is 0 Å². The lowest BCUT2D eigenvalue weighted by molar-refractivity contribution is 0.100. The molecule has 4 nitrogen and oxygen atoms in total. The third kappa shape index (κ3) is 2.63. The Morgan fingerprint density at radius 3 is 2.90 bits per heavy atom. The minimum absolute atomic E-state index is 0.321. The van der Waals surface area contributed by atoms with Gasteiger partial charge in [0.1, 0.15) is 0 Å². The minimum Gasteiger partial charge on any atom is -0.382 e. The second-order valence-corrected chi connectivity index (χ2v) is 6.39. The van der Waals surface area contributed by atoms with Crippen LogP contribution in [0.2, 0.25) is 5.02 Å². The molecule has 1 spiro atoms. The highest BCUT2D eigenvalue weighted by Gasteiger charge is 2.40. The van der Waals surface area contributed by atoms with E-state index < -0.39 is 5.91 Å². The predicted molar refractivity (Wildman–Crippen MR) is 81.2 cm³/mol. The van der Waals surface area contributed by atoms with E-state index >= 15 is 0 Å². The molecule has 1 aromatic rings. The fraction of sp³-hybridized carbons (Fsp3) is 0.533. The van der Waals surface area contributed by atoms with Crippen molar-refractivity contribution in [3.8, 4) is 0 Å². The normalized spacial score (nSPS) is 24.1. The van der Waals surface area contributed by atoms with Gasteiger partial charge >= 0.3 is 0 Å². The lowest BCUT2D eigenvalue weighted by Crippen LogP contribution is -2.58. The van der Waals surface area contributed by atoms with E-state index in [4.69, 9.17) is 17.3 Å². The summed E-state index contributed by atoms with van der Waals surface area (Å²) < 4.78 is 0. The van der Waals surface area contributed by atoms with Crippen LogP contribution in [-0.4, -0.2) is 24.0 Å². The van der Waals surface area contributed by atoms with Crippen LogP contribution in [0.4, 0.5) is 5.69 Å². The average Bonchev–Trinajstić information content (AvgIpc) is 2.37. The van der Waals surface area contributed by atoms with Crippen LogP contribution in [0, 0.1) is 0 Å². The number of carbonyl (C=O) groups is 1. The Balaban J connectivity index is 1.76. The van der Waals surface area contributed by atoms with Gasteiger partial charge in [-0.25, -0.2) is 0 Å². The number of nitrogens with one attached hydrogen (secondary N) is 2. The molecule has 0 bridgehead atoms. The van der Waals surface area contributed by atoms with Gasteiger partial charge in [0.05, 0.1) is 5.56 Å². The molecule has 108 valence electrons. The van der Waals surface area contributed by atoms with Crippen molar-refractivity contribution >= 4 is 23.2 Å². The van der Waals surface area contributed by atoms with Gasteiger partial charge in [-0.15, -0.1) is 0 Å². The Labute approximate surface area is 124 Å². The first kappa shape index (κ1) is 13.7. The average molecular weight is 294 g/mol. The van der Waals surface area contributed by atoms with Gasteiger partial charge in [-0.05, 0) is 56.8 Å². The Morgan fingerprint density at radius 1 is 1.45 bits per heavy atom. The van der Waals surface area contributed by atoms with Crippen molar-refractivity contribution in [2.24, 2.45) is 5.73 Å². The maximum Gasteiger partial charge on any atom is 0.250 e. The van der Waals surface area contributed by atoms with Gasteiger partial charge in [0, 0.05) is 22.3 Å². The number of hydrogen-bond donors (Lipinski definition) is 3. The minimum atomic E-state index is -0.420. The van der Waals surface area contributed by atoms with Crippen molar-refractivity contribution in [1.29, 1.82) is 0 Å². The van der Waals surface area contributed by atoms with Gasteiger partial charge in [0.25, 0.3) is 5.91 Å². The van der Waals surface area contributed by atoms with Gasteiger partial charge in [-0.1, -0.05) is 11.6 Å². The monoisotopic (exact) mass is 293 g/mol. The molecule has 0 aromatic heterocycles. The zero-order valence-corrected chi connectivity index (χ0v) is 12.2. The van der Waals surface area contributed by atoms with E-state index in [1.54, 1.807) is 18.2 Å². The Bertz CT molecular complexity index is 528. The van der Waals surface area contributed by atoms with E-state index in [1.165, 1.54) is 19.3 Å². The number of piperidine rings is 1. The number of benzene rings is 1. The number of hydrogen-bond acceptors (Lipinski definition) is 3. The summed E-state index contributed by atoms with van der Waals surface area (Å²) in [7, 11) is 0. The summed E-state index contributed by atoms with van der Waals surface area (Å²) in [6.45, 7) is 1.02. The molecule has 1 unspecified atom stereocenters. The standard InChI is InChI=1S/C15H20ClN3O/c16-10-2-3-12(14(17)20)13(8-10)19-11-4-7-18-15(9-11)5-1-6-15/h2-3,8,11,18-19H,1,4-7,9H2,(H2,17,20). The fourth-order valence-electron chi connectivity index (χ4n) is 3.34. The molecule has 2 aliphatic rings. The lowest BCUT2D eigenvalue weighted by Gasteiger charge is -2.48. The van der Waals surface area contributed by atoms with Crippen molar-refractivity contribution in [2.45, 2.75) is 43.7 Å². The molecule has 1 saturated heterocycles. The van der Waals surface area contributed by atoms with Crippen molar-refractivity contribution in [1.82, 2.24) is 5.32 Å². The fourth-order valence-corrected chi connectivity index (χ4v) is 3.51. The summed E-state index contributed by atoms with van der Waals surface area (Å²) in [5.41, 5.74) is 7.01. The first-order chi connectivity index (χ1) is 9.58. The molecule has 1 aliphatic carbocycles. The number of amides is 1. The largest absolute Gasteiger partial charge is 0.382 e. The molecule has 1 aromatic carbocycles. The zero-order chi connectivity index (χ0) is 14.2. The second-order valence-electron chi connectivity index (χ2n) is 5.95. The molecule has 4 N–H and O–H groups in total. The van der Waals surface area contributed by atoms with E-state index in [0.29, 0.717) is 22.2 Å². The molecule has 0 radical (unpaired) electrons. The van der Waals surface area contributed by atoms with E-state index in [9.17, 15) is 4.79 Å². The number of rotatable bonds is 3. The third-order valence-electron chi connectivity index (χ3n) is 4.55. The SMILES string of the molecule is NC(=O)c1ccc(Cl)cc1NC1CCNC2(CCC2)C1. The van der Waals surface area contributed by atoms with Crippen molar-refractivity contribution in [3.63, 3.8) is 0 Å². The summed E-state index contributed by atoms with van der Waals surface area (Å²) in [5, 5.41) is 7.72. The number of carbonyl (C=O) groups excluding carboxylic acids is 1. The van der Waals surface area contributed by atoms with Crippen LogP contribution in [0.5, 0.6) is 0 Å². The summed E-state index contributed by atoms with van der Waals surface area (Å²) >= 11 is 6.03. The molecule has 20 heavy (non-hydrogen) atoms. The highest BCUT2D eigenvalue weighted by Crippen LogP contribution is 2.39. The van der Waals surface area contributed by atoms with Crippen LogP contribution in [0.15, 0.2) is 18.2 Å². The highest BCUT2D eigenvalue weighted by molar-refractivity contribution is 6.31. The Morgan fingerprint density at radius 2 is 2.25 bits per heavy atom. The predicted octanol–water partition coefficient (Wildman–Crippen LogP) is 2.53. The molecule has 1 saturated carbocycles.